The van der Waals surface area contributed by atoms with Crippen LogP contribution in [0.3, 0.4) is 0 Å². The molecule has 0 N–H and O–H groups in total. The van der Waals surface area contributed by atoms with E-state index in [9.17, 15) is 19.7 Å². The van der Waals surface area contributed by atoms with Gasteiger partial charge in [-0.2, -0.15) is 0 Å². The number of ether oxygens (including phenoxy) is 2. The van der Waals surface area contributed by atoms with E-state index in [1.807, 2.05) is 13.0 Å². The predicted octanol–water partition coefficient (Wildman–Crippen LogP) is 5.10. The van der Waals surface area contributed by atoms with Crippen molar-refractivity contribution in [3.63, 3.8) is 0 Å². The molecule has 1 aliphatic heterocycles. The van der Waals surface area contributed by atoms with E-state index in [0.717, 1.165) is 23.9 Å². The van der Waals surface area contributed by atoms with Crippen LogP contribution >= 0.6 is 0 Å². The van der Waals surface area contributed by atoms with Crippen LogP contribution in [0.4, 0.5) is 21.9 Å². The van der Waals surface area contributed by atoms with Crippen LogP contribution in [0.1, 0.15) is 29.3 Å². The van der Waals surface area contributed by atoms with Crippen molar-refractivity contribution >= 4 is 29.1 Å². The van der Waals surface area contributed by atoms with Gasteiger partial charge in [-0.15, -0.1) is 0 Å². The summed E-state index contributed by atoms with van der Waals surface area (Å²) >= 11 is 0. The third-order valence-electron chi connectivity index (χ3n) is 5.53. The van der Waals surface area contributed by atoms with Crippen molar-refractivity contribution in [1.82, 2.24) is 4.98 Å². The summed E-state index contributed by atoms with van der Waals surface area (Å²) in [7, 11) is 0. The number of benzene rings is 2. The molecule has 4 rings (SSSR count). The molecule has 2 amide bonds. The second-order valence-corrected chi connectivity index (χ2v) is 7.87. The van der Waals surface area contributed by atoms with Crippen LogP contribution in [0.2, 0.25) is 0 Å². The monoisotopic (exact) mass is 476 g/mol. The number of aromatic nitrogens is 1. The Morgan fingerprint density at radius 3 is 2.34 bits per heavy atom. The van der Waals surface area contributed by atoms with Crippen molar-refractivity contribution in [2.45, 2.75) is 20.3 Å². The Balaban J connectivity index is 1.48. The lowest BCUT2D eigenvalue weighted by Crippen LogP contribution is -2.49. The number of nitrogens with zero attached hydrogens (tertiary/aromatic N) is 4. The van der Waals surface area contributed by atoms with Crippen LogP contribution in [-0.2, 0) is 4.74 Å². The topological polar surface area (TPSA) is 115 Å². The van der Waals surface area contributed by atoms with Crippen LogP contribution in [-0.4, -0.2) is 41.6 Å². The van der Waals surface area contributed by atoms with Gasteiger partial charge in [-0.1, -0.05) is 0 Å². The number of carbonyl (C=O) groups is 2. The zero-order valence-corrected chi connectivity index (χ0v) is 19.3. The number of rotatable bonds is 7. The van der Waals surface area contributed by atoms with Gasteiger partial charge >= 0.3 is 12.0 Å². The lowest BCUT2D eigenvalue weighted by Gasteiger charge is -2.36. The fraction of sp³-hybridized carbons (Fsp3) is 0.240. The number of pyridine rings is 1. The molecule has 0 atom stereocenters. The molecule has 1 fully saturated rings. The normalized spacial score (nSPS) is 13.5. The quantitative estimate of drug-likeness (QED) is 0.264. The summed E-state index contributed by atoms with van der Waals surface area (Å²) in [6.07, 6.45) is 1.91. The fourth-order valence-electron chi connectivity index (χ4n) is 3.76. The molecule has 10 nitrogen and oxygen atoms in total. The largest absolute Gasteiger partial charge is 0.462 e. The summed E-state index contributed by atoms with van der Waals surface area (Å²) in [6, 6.07) is 14.8. The predicted molar refractivity (Wildman–Crippen MR) is 129 cm³/mol. The number of aryl methyl sites for hydroxylation is 1. The minimum Gasteiger partial charge on any atom is -0.462 e. The Hall–Kier alpha value is -4.47. The van der Waals surface area contributed by atoms with Gasteiger partial charge in [0, 0.05) is 36.6 Å². The average Bonchev–Trinajstić information content (AvgIpc) is 2.86. The molecule has 1 aromatic heterocycles. The first-order valence-corrected chi connectivity index (χ1v) is 11.1. The van der Waals surface area contributed by atoms with E-state index >= 15 is 0 Å². The molecule has 0 aliphatic carbocycles. The third-order valence-corrected chi connectivity index (χ3v) is 5.53. The van der Waals surface area contributed by atoms with Gasteiger partial charge in [0.2, 0.25) is 5.88 Å². The Kier molecular flexibility index (Phi) is 6.91. The highest BCUT2D eigenvalue weighted by Gasteiger charge is 2.28. The maximum atomic E-state index is 13.3. The van der Waals surface area contributed by atoms with E-state index in [1.54, 1.807) is 53.1 Å². The van der Waals surface area contributed by atoms with Gasteiger partial charge in [0.15, 0.2) is 0 Å². The Labute approximate surface area is 201 Å². The zero-order chi connectivity index (χ0) is 24.9. The van der Waals surface area contributed by atoms with Gasteiger partial charge < -0.3 is 9.47 Å². The molecule has 2 aromatic carbocycles. The Morgan fingerprint density at radius 2 is 1.74 bits per heavy atom. The molecular weight excluding hydrogens is 452 g/mol. The number of nitro groups is 1. The summed E-state index contributed by atoms with van der Waals surface area (Å²) < 4.78 is 10.8. The maximum Gasteiger partial charge on any atom is 0.338 e. The van der Waals surface area contributed by atoms with Crippen molar-refractivity contribution < 1.29 is 24.0 Å². The van der Waals surface area contributed by atoms with Crippen LogP contribution in [0.15, 0.2) is 60.8 Å². The van der Waals surface area contributed by atoms with E-state index < -0.39 is 10.9 Å². The molecule has 35 heavy (non-hydrogen) atoms. The number of amides is 2. The molecule has 0 unspecified atom stereocenters. The number of hydrogen-bond acceptors (Lipinski definition) is 7. The summed E-state index contributed by atoms with van der Waals surface area (Å²) in [5.41, 5.74) is 2.53. The van der Waals surface area contributed by atoms with Gasteiger partial charge in [0.1, 0.15) is 11.9 Å². The highest BCUT2D eigenvalue weighted by Crippen LogP contribution is 2.31. The van der Waals surface area contributed by atoms with Crippen molar-refractivity contribution in [3.8, 4) is 11.6 Å². The smallest absolute Gasteiger partial charge is 0.338 e. The number of carbonyl (C=O) groups excluding carboxylic acids is 2. The van der Waals surface area contributed by atoms with Crippen LogP contribution in [0.5, 0.6) is 11.6 Å². The Bertz CT molecular complexity index is 1240. The number of hydrogen-bond donors (Lipinski definition) is 0. The van der Waals surface area contributed by atoms with E-state index in [1.165, 1.54) is 12.1 Å². The van der Waals surface area contributed by atoms with Crippen LogP contribution in [0.25, 0.3) is 0 Å². The average molecular weight is 476 g/mol. The molecule has 3 aromatic rings. The first kappa shape index (κ1) is 23.7. The minimum atomic E-state index is -0.523. The lowest BCUT2D eigenvalue weighted by molar-refractivity contribution is -0.385. The van der Waals surface area contributed by atoms with Crippen LogP contribution < -0.4 is 14.5 Å². The van der Waals surface area contributed by atoms with Crippen molar-refractivity contribution in [2.75, 3.05) is 29.5 Å². The number of anilines is 2. The first-order chi connectivity index (χ1) is 16.9. The lowest BCUT2D eigenvalue weighted by atomic mass is 10.1. The molecule has 0 radical (unpaired) electrons. The molecule has 0 saturated carbocycles. The van der Waals surface area contributed by atoms with Crippen molar-refractivity contribution in [1.29, 1.82) is 0 Å². The molecular formula is C25H24N4O6. The number of esters is 1. The molecule has 10 heteroatoms. The van der Waals surface area contributed by atoms with Crippen molar-refractivity contribution in [3.05, 3.63) is 82.0 Å². The molecule has 1 saturated heterocycles. The standard InChI is InChI=1S/C25H24N4O6/c1-3-34-24(30)18-5-7-19(8-6-18)27-13-4-14-28(25(27)31)20-9-11-22(17(2)15-20)35-23-12-10-21(16-26-23)29(32)33/h5-12,15-16H,3-4,13-14H2,1-2H3. The highest BCUT2D eigenvalue weighted by molar-refractivity contribution is 6.04. The maximum absolute atomic E-state index is 13.3. The Morgan fingerprint density at radius 1 is 1.06 bits per heavy atom. The SMILES string of the molecule is CCOC(=O)c1ccc(N2CCCN(c3ccc(Oc4ccc([N+](=O)[O-])cn4)c(C)c3)C2=O)cc1. The zero-order valence-electron chi connectivity index (χ0n) is 19.3. The molecule has 2 heterocycles. The molecule has 1 aliphatic rings. The van der Waals surface area contributed by atoms with E-state index in [4.69, 9.17) is 9.47 Å². The van der Waals surface area contributed by atoms with Crippen molar-refractivity contribution in [2.24, 2.45) is 0 Å². The third kappa shape index (κ3) is 5.21. The number of urea groups is 1. The first-order valence-electron chi connectivity index (χ1n) is 11.1. The van der Waals surface area contributed by atoms with E-state index in [-0.39, 0.29) is 17.6 Å². The fourth-order valence-corrected chi connectivity index (χ4v) is 3.76. The van der Waals surface area contributed by atoms with Gasteiger partial charge in [-0.25, -0.2) is 14.6 Å². The van der Waals surface area contributed by atoms with Gasteiger partial charge in [0.25, 0.3) is 5.69 Å². The van der Waals surface area contributed by atoms with E-state index in [2.05, 4.69) is 4.98 Å². The molecule has 0 bridgehead atoms. The van der Waals surface area contributed by atoms with Gasteiger partial charge in [-0.3, -0.25) is 19.9 Å². The van der Waals surface area contributed by atoms with Gasteiger partial charge in [-0.05, 0) is 68.3 Å². The second kappa shape index (κ2) is 10.2. The highest BCUT2D eigenvalue weighted by atomic mass is 16.6. The summed E-state index contributed by atoms with van der Waals surface area (Å²) in [5.74, 6) is 0.372. The van der Waals surface area contributed by atoms with Crippen LogP contribution in [0, 0.1) is 17.0 Å². The molecule has 0 spiro atoms. The molecule has 180 valence electrons. The summed E-state index contributed by atoms with van der Waals surface area (Å²) in [6.45, 7) is 5.04. The van der Waals surface area contributed by atoms with Gasteiger partial charge in [0.05, 0.1) is 17.1 Å². The minimum absolute atomic E-state index is 0.117. The summed E-state index contributed by atoms with van der Waals surface area (Å²) in [5, 5.41) is 10.8. The van der Waals surface area contributed by atoms with E-state index in [0.29, 0.717) is 36.7 Å². The summed E-state index contributed by atoms with van der Waals surface area (Å²) in [4.78, 5) is 42.8. The second-order valence-electron chi connectivity index (χ2n) is 7.87.